The van der Waals surface area contributed by atoms with Gasteiger partial charge in [-0.05, 0) is 66.9 Å². The van der Waals surface area contributed by atoms with Crippen molar-refractivity contribution in [2.75, 3.05) is 19.8 Å². The maximum Gasteiger partial charge on any atom is 0.266 e. The lowest BCUT2D eigenvalue weighted by Crippen LogP contribution is -2.56. The van der Waals surface area contributed by atoms with Gasteiger partial charge in [0, 0.05) is 40.5 Å². The van der Waals surface area contributed by atoms with E-state index in [-0.39, 0.29) is 12.5 Å². The molecule has 0 unspecified atom stereocenters. The molecule has 0 saturated carbocycles. The van der Waals surface area contributed by atoms with Crippen molar-refractivity contribution in [2.24, 2.45) is 4.99 Å². The summed E-state index contributed by atoms with van der Waals surface area (Å²) in [6.07, 6.45) is 1.19. The van der Waals surface area contributed by atoms with Gasteiger partial charge in [-0.25, -0.2) is 10.4 Å². The number of carbonyl (C=O) groups excluding carboxylic acids is 1. The molecular formula is C29H31Br2N3O4. The van der Waals surface area contributed by atoms with Gasteiger partial charge < -0.3 is 14.6 Å². The third-order valence-electron chi connectivity index (χ3n) is 6.40. The average molecular weight is 645 g/mol. The van der Waals surface area contributed by atoms with Gasteiger partial charge in [-0.3, -0.25) is 10.2 Å². The number of aliphatic hydroxyl groups excluding tert-OH is 1. The highest BCUT2D eigenvalue weighted by atomic mass is 79.9. The average Bonchev–Trinajstić information content (AvgIpc) is 3.26. The van der Waals surface area contributed by atoms with Crippen molar-refractivity contribution in [1.82, 2.24) is 10.9 Å². The molecule has 38 heavy (non-hydrogen) atoms. The van der Waals surface area contributed by atoms with Crippen LogP contribution < -0.4 is 15.6 Å². The highest BCUT2D eigenvalue weighted by Crippen LogP contribution is 2.34. The van der Waals surface area contributed by atoms with E-state index in [1.807, 2.05) is 67.6 Å². The summed E-state index contributed by atoms with van der Waals surface area (Å²) >= 11 is 7.07. The number of amides is 1. The van der Waals surface area contributed by atoms with Crippen molar-refractivity contribution in [1.29, 1.82) is 0 Å². The largest absolute Gasteiger partial charge is 0.494 e. The van der Waals surface area contributed by atoms with Crippen LogP contribution in [-0.2, 0) is 22.4 Å². The quantitative estimate of drug-likeness (QED) is 0.191. The number of ether oxygens (including phenoxy) is 2. The van der Waals surface area contributed by atoms with Crippen molar-refractivity contribution in [3.8, 4) is 5.75 Å². The van der Waals surface area contributed by atoms with E-state index in [1.54, 1.807) is 0 Å². The molecule has 0 spiro atoms. The van der Waals surface area contributed by atoms with Gasteiger partial charge in [-0.15, -0.1) is 0 Å². The number of hydrogen-bond acceptors (Lipinski definition) is 6. The number of nitrogens with one attached hydrogen (secondary N) is 2. The minimum atomic E-state index is -1.17. The molecule has 2 atom stereocenters. The Balaban J connectivity index is 1.52. The highest BCUT2D eigenvalue weighted by molar-refractivity contribution is 9.10. The first kappa shape index (κ1) is 28.3. The monoisotopic (exact) mass is 643 g/mol. The fraction of sp³-hybridized carbons (Fsp3) is 0.310. The van der Waals surface area contributed by atoms with Crippen molar-refractivity contribution >= 4 is 43.7 Å². The maximum absolute atomic E-state index is 13.7. The van der Waals surface area contributed by atoms with Gasteiger partial charge in [0.05, 0.1) is 6.61 Å². The molecule has 1 amide bonds. The Morgan fingerprint density at radius 1 is 1.08 bits per heavy atom. The second-order valence-corrected chi connectivity index (χ2v) is 10.8. The van der Waals surface area contributed by atoms with Crippen molar-refractivity contribution < 1.29 is 19.4 Å². The summed E-state index contributed by atoms with van der Waals surface area (Å²) in [6.45, 7) is 2.97. The predicted octanol–water partition coefficient (Wildman–Crippen LogP) is 4.98. The van der Waals surface area contributed by atoms with Crippen LogP contribution in [0.15, 0.2) is 86.7 Å². The summed E-state index contributed by atoms with van der Waals surface area (Å²) in [5.41, 5.74) is 7.68. The molecule has 1 aliphatic rings. The van der Waals surface area contributed by atoms with E-state index in [2.05, 4.69) is 54.8 Å². The summed E-state index contributed by atoms with van der Waals surface area (Å²) in [6, 6.07) is 23.3. The van der Waals surface area contributed by atoms with Crippen LogP contribution >= 0.6 is 31.9 Å². The maximum atomic E-state index is 13.7. The van der Waals surface area contributed by atoms with E-state index in [1.165, 1.54) is 5.56 Å². The number of halogens is 2. The topological polar surface area (TPSA) is 92.2 Å². The smallest absolute Gasteiger partial charge is 0.266 e. The van der Waals surface area contributed by atoms with E-state index >= 15 is 0 Å². The van der Waals surface area contributed by atoms with Gasteiger partial charge in [0.25, 0.3) is 5.91 Å². The van der Waals surface area contributed by atoms with Gasteiger partial charge in [0.2, 0.25) is 5.90 Å². The Hall–Kier alpha value is -2.72. The number of aliphatic imine (C=N–C) groups is 1. The normalized spacial score (nSPS) is 18.5. The van der Waals surface area contributed by atoms with Crippen LogP contribution in [0.5, 0.6) is 5.75 Å². The van der Waals surface area contributed by atoms with Crippen LogP contribution in [0.25, 0.3) is 0 Å². The minimum absolute atomic E-state index is 0.0847. The fourth-order valence-electron chi connectivity index (χ4n) is 4.18. The lowest BCUT2D eigenvalue weighted by atomic mass is 9.86. The second-order valence-electron chi connectivity index (χ2n) is 9.08. The number of aliphatic hydroxyl groups is 1. The van der Waals surface area contributed by atoms with Crippen LogP contribution in [-0.4, -0.2) is 48.3 Å². The van der Waals surface area contributed by atoms with Crippen LogP contribution in [0, 0.1) is 0 Å². The predicted molar refractivity (Wildman–Crippen MR) is 155 cm³/mol. The number of nitrogens with zero attached hydrogens (tertiary/aromatic N) is 1. The Morgan fingerprint density at radius 3 is 2.53 bits per heavy atom. The number of hydrogen-bond donors (Lipinski definition) is 3. The first-order chi connectivity index (χ1) is 18.4. The molecule has 0 aromatic heterocycles. The summed E-state index contributed by atoms with van der Waals surface area (Å²) < 4.78 is 13.8. The van der Waals surface area contributed by atoms with Gasteiger partial charge in [0.15, 0.2) is 5.54 Å². The number of rotatable bonds is 12. The molecule has 0 saturated heterocycles. The number of carbonyl (C=O) groups is 1. The van der Waals surface area contributed by atoms with Gasteiger partial charge in [-0.1, -0.05) is 62.2 Å². The molecule has 0 bridgehead atoms. The lowest BCUT2D eigenvalue weighted by Gasteiger charge is -2.28. The standard InChI is InChI=1S/C29H31Br2N3O4/c1-20-29(19-23-5-2-3-6-26(23)31,28(36)34-32-16-15-21-7-11-24(30)12-8-21)33-27(38-20)22-9-13-25(14-10-22)37-18-4-17-35/h2-3,5-14,20,32,35H,4,15-19H2,1H3,(H,34,36)/t20-,29-/m0/s1. The zero-order chi connectivity index (χ0) is 27.0. The molecule has 3 N–H and O–H groups in total. The molecule has 1 heterocycles. The SMILES string of the molecule is C[C@@H]1OC(c2ccc(OCCCO)cc2)=N[C@]1(Cc1ccccc1Br)C(=O)NNCCc1ccc(Br)cc1. The molecule has 3 aromatic rings. The van der Waals surface area contributed by atoms with E-state index in [9.17, 15) is 4.79 Å². The van der Waals surface area contributed by atoms with Crippen LogP contribution in [0.1, 0.15) is 30.0 Å². The summed E-state index contributed by atoms with van der Waals surface area (Å²) in [7, 11) is 0. The molecule has 4 rings (SSSR count). The first-order valence-electron chi connectivity index (χ1n) is 12.5. The third kappa shape index (κ3) is 7.02. The molecule has 0 aliphatic carbocycles. The number of hydrazine groups is 1. The van der Waals surface area contributed by atoms with Crippen LogP contribution in [0.4, 0.5) is 0 Å². The minimum Gasteiger partial charge on any atom is -0.494 e. The lowest BCUT2D eigenvalue weighted by molar-refractivity contribution is -0.129. The third-order valence-corrected chi connectivity index (χ3v) is 7.70. The van der Waals surface area contributed by atoms with E-state index in [4.69, 9.17) is 19.6 Å². The summed E-state index contributed by atoms with van der Waals surface area (Å²) in [5, 5.41) is 8.95. The van der Waals surface area contributed by atoms with Gasteiger partial charge in [-0.2, -0.15) is 0 Å². The molecule has 0 fully saturated rings. The zero-order valence-electron chi connectivity index (χ0n) is 21.1. The molecular weight excluding hydrogens is 614 g/mol. The Bertz CT molecular complexity index is 1250. The molecule has 0 radical (unpaired) electrons. The van der Waals surface area contributed by atoms with E-state index < -0.39 is 11.6 Å². The van der Waals surface area contributed by atoms with E-state index in [0.717, 1.165) is 26.5 Å². The molecule has 7 nitrogen and oxygen atoms in total. The molecule has 3 aromatic carbocycles. The Kier molecular flexibility index (Phi) is 9.96. The van der Waals surface area contributed by atoms with Crippen molar-refractivity contribution in [3.63, 3.8) is 0 Å². The van der Waals surface area contributed by atoms with Crippen molar-refractivity contribution in [2.45, 2.75) is 37.8 Å². The van der Waals surface area contributed by atoms with Crippen LogP contribution in [0.2, 0.25) is 0 Å². The zero-order valence-corrected chi connectivity index (χ0v) is 24.3. The summed E-state index contributed by atoms with van der Waals surface area (Å²) in [5.74, 6) is 0.855. The second kappa shape index (κ2) is 13.4. The molecule has 1 aliphatic heterocycles. The van der Waals surface area contributed by atoms with Gasteiger partial charge in [0.1, 0.15) is 11.9 Å². The Morgan fingerprint density at radius 2 is 1.82 bits per heavy atom. The summed E-state index contributed by atoms with van der Waals surface area (Å²) in [4.78, 5) is 18.6. The van der Waals surface area contributed by atoms with Crippen LogP contribution in [0.3, 0.4) is 0 Å². The highest BCUT2D eigenvalue weighted by Gasteiger charge is 2.50. The van der Waals surface area contributed by atoms with E-state index in [0.29, 0.717) is 37.6 Å². The molecule has 9 heteroatoms. The first-order valence-corrected chi connectivity index (χ1v) is 14.1. The Labute approximate surface area is 239 Å². The molecule has 200 valence electrons. The fourth-order valence-corrected chi connectivity index (χ4v) is 4.87. The van der Waals surface area contributed by atoms with Crippen molar-refractivity contribution in [3.05, 3.63) is 98.4 Å². The van der Waals surface area contributed by atoms with Gasteiger partial charge >= 0.3 is 0 Å². The number of benzene rings is 3.